The van der Waals surface area contributed by atoms with Gasteiger partial charge < -0.3 is 38.3 Å². The number of rotatable bonds is 14. The maximum Gasteiger partial charge on any atom is 0.326 e. The molecule has 0 aliphatic carbocycles. The van der Waals surface area contributed by atoms with Crippen LogP contribution in [0.1, 0.15) is 46.5 Å². The number of carboxylic acids is 1. The highest BCUT2D eigenvalue weighted by molar-refractivity contribution is 5.96. The molecule has 0 aromatic rings. The fourth-order valence-corrected chi connectivity index (χ4v) is 2.48. The predicted octanol–water partition coefficient (Wildman–Crippen LogP) is -2.94. The maximum atomic E-state index is 12.7. The number of carboxylic acid groups (broad SMARTS) is 1. The number of hydrogen-bond acceptors (Lipinski definition) is 7. The third-order valence-electron chi connectivity index (χ3n) is 4.54. The lowest BCUT2D eigenvalue weighted by atomic mass is 9.98. The Balaban J connectivity index is 5.54. The molecule has 0 aromatic carbocycles. The van der Waals surface area contributed by atoms with Crippen molar-refractivity contribution < 1.29 is 33.9 Å². The van der Waals surface area contributed by atoms with Crippen molar-refractivity contribution in [2.75, 3.05) is 0 Å². The SMILES string of the molecule is CCC(C)C(NC(=O)C(CC(N)=O)NC(=O)C(CCC(N)=O)NC(=O)C(C)N)C(=O)O. The Hall–Kier alpha value is -3.22. The largest absolute Gasteiger partial charge is 0.480 e. The van der Waals surface area contributed by atoms with Crippen molar-refractivity contribution >= 4 is 35.5 Å². The summed E-state index contributed by atoms with van der Waals surface area (Å²) in [6.07, 6.45) is -0.606. The van der Waals surface area contributed by atoms with Gasteiger partial charge in [0.25, 0.3) is 0 Å². The molecule has 31 heavy (non-hydrogen) atoms. The summed E-state index contributed by atoms with van der Waals surface area (Å²) in [6.45, 7) is 4.73. The lowest BCUT2D eigenvalue weighted by Crippen LogP contribution is -2.58. The Morgan fingerprint density at radius 1 is 0.839 bits per heavy atom. The van der Waals surface area contributed by atoms with Crippen LogP contribution < -0.4 is 33.2 Å². The van der Waals surface area contributed by atoms with Crippen LogP contribution >= 0.6 is 0 Å². The molecule has 0 spiro atoms. The van der Waals surface area contributed by atoms with Gasteiger partial charge in [0.1, 0.15) is 18.1 Å². The number of carbonyl (C=O) groups is 6. The molecule has 0 saturated heterocycles. The second-order valence-corrected chi connectivity index (χ2v) is 7.30. The molecule has 5 atom stereocenters. The second kappa shape index (κ2) is 13.2. The molecule has 0 radical (unpaired) electrons. The van der Waals surface area contributed by atoms with Crippen LogP contribution in [0.2, 0.25) is 0 Å². The average Bonchev–Trinajstić information content (AvgIpc) is 2.66. The fraction of sp³-hybridized carbons (Fsp3) is 0.667. The van der Waals surface area contributed by atoms with Crippen LogP contribution in [0.3, 0.4) is 0 Å². The molecule has 0 aliphatic heterocycles. The zero-order chi connectivity index (χ0) is 24.3. The molecule has 0 saturated carbocycles. The van der Waals surface area contributed by atoms with Crippen LogP contribution in [0.25, 0.3) is 0 Å². The van der Waals surface area contributed by atoms with Crippen molar-refractivity contribution in [1.29, 1.82) is 0 Å². The van der Waals surface area contributed by atoms with Crippen LogP contribution in [0, 0.1) is 5.92 Å². The number of nitrogens with two attached hydrogens (primary N) is 3. The second-order valence-electron chi connectivity index (χ2n) is 7.30. The third kappa shape index (κ3) is 10.4. The summed E-state index contributed by atoms with van der Waals surface area (Å²) in [7, 11) is 0. The van der Waals surface area contributed by atoms with E-state index in [0.717, 1.165) is 0 Å². The summed E-state index contributed by atoms with van der Waals surface area (Å²) in [5, 5.41) is 16.2. The van der Waals surface area contributed by atoms with Gasteiger partial charge in [-0.15, -0.1) is 0 Å². The normalized spacial score (nSPS) is 15.5. The first-order valence-electron chi connectivity index (χ1n) is 9.76. The van der Waals surface area contributed by atoms with Crippen molar-refractivity contribution in [1.82, 2.24) is 16.0 Å². The molecular formula is C18H32N6O7. The molecule has 0 heterocycles. The molecule has 5 amide bonds. The molecule has 0 bridgehead atoms. The van der Waals surface area contributed by atoms with Crippen molar-refractivity contribution in [2.24, 2.45) is 23.1 Å². The Morgan fingerprint density at radius 3 is 1.77 bits per heavy atom. The summed E-state index contributed by atoms with van der Waals surface area (Å²) < 4.78 is 0. The van der Waals surface area contributed by atoms with Gasteiger partial charge in [0.05, 0.1) is 12.5 Å². The van der Waals surface area contributed by atoms with Gasteiger partial charge in [-0.2, -0.15) is 0 Å². The Labute approximate surface area is 179 Å². The minimum atomic E-state index is -1.50. The van der Waals surface area contributed by atoms with Gasteiger partial charge in [-0.05, 0) is 19.3 Å². The van der Waals surface area contributed by atoms with Crippen LogP contribution in [-0.2, 0) is 28.8 Å². The van der Waals surface area contributed by atoms with E-state index >= 15 is 0 Å². The van der Waals surface area contributed by atoms with Gasteiger partial charge in [0.15, 0.2) is 0 Å². The summed E-state index contributed by atoms with van der Waals surface area (Å²) in [6, 6.07) is -4.99. The van der Waals surface area contributed by atoms with Gasteiger partial charge in [0.2, 0.25) is 29.5 Å². The van der Waals surface area contributed by atoms with E-state index in [1.165, 1.54) is 6.92 Å². The lowest BCUT2D eigenvalue weighted by molar-refractivity contribution is -0.144. The molecule has 10 N–H and O–H groups in total. The average molecular weight is 444 g/mol. The molecule has 0 aliphatic rings. The minimum absolute atomic E-state index is 0.185. The fourth-order valence-electron chi connectivity index (χ4n) is 2.48. The van der Waals surface area contributed by atoms with Crippen LogP contribution in [-0.4, -0.2) is 64.8 Å². The molecular weight excluding hydrogens is 412 g/mol. The van der Waals surface area contributed by atoms with E-state index in [0.29, 0.717) is 6.42 Å². The summed E-state index contributed by atoms with van der Waals surface area (Å²) in [5.41, 5.74) is 15.7. The van der Waals surface area contributed by atoms with E-state index in [9.17, 15) is 33.9 Å². The number of amides is 5. The number of aliphatic carboxylic acids is 1. The number of carbonyl (C=O) groups excluding carboxylic acids is 5. The first-order chi connectivity index (χ1) is 14.3. The Kier molecular flexibility index (Phi) is 11.8. The molecule has 0 aromatic heterocycles. The van der Waals surface area contributed by atoms with Crippen LogP contribution in [0.15, 0.2) is 0 Å². The van der Waals surface area contributed by atoms with E-state index < -0.39 is 72.0 Å². The van der Waals surface area contributed by atoms with E-state index in [4.69, 9.17) is 17.2 Å². The monoisotopic (exact) mass is 444 g/mol. The third-order valence-corrected chi connectivity index (χ3v) is 4.54. The highest BCUT2D eigenvalue weighted by Gasteiger charge is 2.32. The first-order valence-corrected chi connectivity index (χ1v) is 9.76. The zero-order valence-corrected chi connectivity index (χ0v) is 17.8. The van der Waals surface area contributed by atoms with E-state index in [1.807, 2.05) is 0 Å². The van der Waals surface area contributed by atoms with E-state index in [2.05, 4.69) is 16.0 Å². The summed E-state index contributed by atoms with van der Waals surface area (Å²) in [4.78, 5) is 71.0. The molecule has 13 nitrogen and oxygen atoms in total. The van der Waals surface area contributed by atoms with Gasteiger partial charge in [0, 0.05) is 6.42 Å². The van der Waals surface area contributed by atoms with Crippen molar-refractivity contribution in [3.63, 3.8) is 0 Å². The zero-order valence-electron chi connectivity index (χ0n) is 17.8. The number of primary amides is 2. The van der Waals surface area contributed by atoms with Crippen molar-refractivity contribution in [3.8, 4) is 0 Å². The summed E-state index contributed by atoms with van der Waals surface area (Å²) in [5.74, 6) is -5.89. The molecule has 0 rings (SSSR count). The van der Waals surface area contributed by atoms with Gasteiger partial charge >= 0.3 is 5.97 Å². The predicted molar refractivity (Wildman–Crippen MR) is 109 cm³/mol. The quantitative estimate of drug-likeness (QED) is 0.146. The van der Waals surface area contributed by atoms with Gasteiger partial charge in [-0.25, -0.2) is 4.79 Å². The van der Waals surface area contributed by atoms with E-state index in [1.54, 1.807) is 13.8 Å². The smallest absolute Gasteiger partial charge is 0.326 e. The highest BCUT2D eigenvalue weighted by Crippen LogP contribution is 2.09. The topological polar surface area (TPSA) is 237 Å². The minimum Gasteiger partial charge on any atom is -0.480 e. The Bertz CT molecular complexity index is 697. The summed E-state index contributed by atoms with van der Waals surface area (Å²) >= 11 is 0. The number of hydrogen-bond donors (Lipinski definition) is 7. The molecule has 176 valence electrons. The van der Waals surface area contributed by atoms with Gasteiger partial charge in [-0.1, -0.05) is 20.3 Å². The standard InChI is InChI=1S/C18H32N6O7/c1-4-8(2)14(18(30)31)24-17(29)11(7-13(21)26)23-16(28)10(5-6-12(20)25)22-15(27)9(3)19/h8-11,14H,4-7,19H2,1-3H3,(H2,20,25)(H2,21,26)(H,22,27)(H,23,28)(H,24,29)(H,30,31). The van der Waals surface area contributed by atoms with Gasteiger partial charge in [-0.3, -0.25) is 24.0 Å². The van der Waals surface area contributed by atoms with Crippen LogP contribution in [0.5, 0.6) is 0 Å². The Morgan fingerprint density at radius 2 is 1.35 bits per heavy atom. The molecule has 13 heteroatoms. The highest BCUT2D eigenvalue weighted by atomic mass is 16.4. The van der Waals surface area contributed by atoms with E-state index in [-0.39, 0.29) is 12.8 Å². The lowest BCUT2D eigenvalue weighted by Gasteiger charge is -2.25. The molecule has 5 unspecified atom stereocenters. The van der Waals surface area contributed by atoms with Crippen molar-refractivity contribution in [3.05, 3.63) is 0 Å². The van der Waals surface area contributed by atoms with Crippen molar-refractivity contribution in [2.45, 2.75) is 70.6 Å². The number of nitrogens with one attached hydrogen (secondary N) is 3. The molecule has 0 fully saturated rings. The maximum absolute atomic E-state index is 12.7. The first kappa shape index (κ1) is 27.8. The van der Waals surface area contributed by atoms with Crippen LogP contribution in [0.4, 0.5) is 0 Å².